The molecular weight excluding hydrogens is 348 g/mol. The van der Waals surface area contributed by atoms with E-state index in [4.69, 9.17) is 21.7 Å². The lowest BCUT2D eigenvalue weighted by atomic mass is 10.1. The third-order valence-corrected chi connectivity index (χ3v) is 4.24. The van der Waals surface area contributed by atoms with Crippen LogP contribution in [0, 0.1) is 0 Å². The van der Waals surface area contributed by atoms with Gasteiger partial charge >= 0.3 is 0 Å². The van der Waals surface area contributed by atoms with E-state index in [2.05, 4.69) is 10.6 Å². The Kier molecular flexibility index (Phi) is 6.57. The van der Waals surface area contributed by atoms with E-state index in [1.165, 1.54) is 0 Å². The first-order valence-corrected chi connectivity index (χ1v) is 9.09. The van der Waals surface area contributed by atoms with Crippen LogP contribution < -0.4 is 15.4 Å². The highest BCUT2D eigenvalue weighted by Crippen LogP contribution is 2.18. The summed E-state index contributed by atoms with van der Waals surface area (Å²) in [4.78, 5) is 12.0. The normalized spacial score (nSPS) is 16.1. The van der Waals surface area contributed by atoms with E-state index in [9.17, 15) is 4.79 Å². The van der Waals surface area contributed by atoms with Crippen molar-refractivity contribution in [1.82, 2.24) is 5.32 Å². The molecule has 1 aliphatic heterocycles. The van der Waals surface area contributed by atoms with Gasteiger partial charge in [-0.2, -0.15) is 0 Å². The number of anilines is 1. The number of hydrogen-bond acceptors (Lipinski definition) is 4. The van der Waals surface area contributed by atoms with Crippen LogP contribution in [0.2, 0.25) is 0 Å². The molecule has 0 spiro atoms. The van der Waals surface area contributed by atoms with Crippen LogP contribution in [0.3, 0.4) is 0 Å². The number of nitrogens with one attached hydrogen (secondary N) is 2. The van der Waals surface area contributed by atoms with Gasteiger partial charge in [0, 0.05) is 12.3 Å². The third kappa shape index (κ3) is 5.82. The summed E-state index contributed by atoms with van der Waals surface area (Å²) in [6, 6.07) is 17.0. The van der Waals surface area contributed by atoms with Crippen LogP contribution >= 0.6 is 12.2 Å². The molecule has 0 aliphatic carbocycles. The fraction of sp³-hybridized carbons (Fsp3) is 0.300. The minimum atomic E-state index is -0.148. The maximum Gasteiger partial charge on any atom is 0.230 e. The molecule has 0 aromatic heterocycles. The second kappa shape index (κ2) is 9.31. The molecule has 1 unspecified atom stereocenters. The number of benzene rings is 2. The summed E-state index contributed by atoms with van der Waals surface area (Å²) in [5, 5.41) is 5.97. The molecule has 26 heavy (non-hydrogen) atoms. The molecule has 1 fully saturated rings. The number of carbonyl (C=O) groups excluding carboxylic acids is 1. The van der Waals surface area contributed by atoms with Gasteiger partial charge in [0.1, 0.15) is 12.4 Å². The van der Waals surface area contributed by atoms with Crippen molar-refractivity contribution in [3.05, 3.63) is 60.2 Å². The molecule has 5 nitrogen and oxygen atoms in total. The van der Waals surface area contributed by atoms with Crippen LogP contribution in [0.1, 0.15) is 18.4 Å². The third-order valence-electron chi connectivity index (χ3n) is 4.03. The molecule has 2 aromatic carbocycles. The molecule has 2 aromatic rings. The van der Waals surface area contributed by atoms with E-state index in [0.29, 0.717) is 13.0 Å². The van der Waals surface area contributed by atoms with Gasteiger partial charge in [0.2, 0.25) is 5.91 Å². The van der Waals surface area contributed by atoms with E-state index in [1.54, 1.807) is 0 Å². The summed E-state index contributed by atoms with van der Waals surface area (Å²) in [7, 11) is 0. The average molecular weight is 370 g/mol. The van der Waals surface area contributed by atoms with Crippen LogP contribution in [0.25, 0.3) is 0 Å². The van der Waals surface area contributed by atoms with Crippen LogP contribution in [-0.4, -0.2) is 30.3 Å². The lowest BCUT2D eigenvalue weighted by Crippen LogP contribution is -2.35. The zero-order valence-corrected chi connectivity index (χ0v) is 15.3. The largest absolute Gasteiger partial charge is 0.491 e. The van der Waals surface area contributed by atoms with Gasteiger partial charge in [0.05, 0.1) is 12.5 Å². The molecule has 0 saturated carbocycles. The Bertz CT molecular complexity index is 728. The number of hydrogen-bond donors (Lipinski definition) is 2. The summed E-state index contributed by atoms with van der Waals surface area (Å²) < 4.78 is 11.3. The van der Waals surface area contributed by atoms with E-state index in [-0.39, 0.29) is 17.1 Å². The minimum Gasteiger partial charge on any atom is -0.491 e. The number of carbonyl (C=O) groups is 1. The van der Waals surface area contributed by atoms with Gasteiger partial charge in [-0.15, -0.1) is 0 Å². The molecule has 2 N–H and O–H groups in total. The Morgan fingerprint density at radius 2 is 1.92 bits per heavy atom. The van der Waals surface area contributed by atoms with Crippen molar-refractivity contribution in [1.29, 1.82) is 0 Å². The summed E-state index contributed by atoms with van der Waals surface area (Å²) in [6.07, 6.45) is 2.64. The summed E-state index contributed by atoms with van der Waals surface area (Å²) in [5.41, 5.74) is 1.74. The Labute approximate surface area is 158 Å². The van der Waals surface area contributed by atoms with Gasteiger partial charge in [0.15, 0.2) is 5.11 Å². The van der Waals surface area contributed by atoms with Gasteiger partial charge in [0.25, 0.3) is 0 Å². The minimum absolute atomic E-state index is 0.148. The van der Waals surface area contributed by atoms with E-state index < -0.39 is 0 Å². The molecule has 6 heteroatoms. The van der Waals surface area contributed by atoms with Crippen LogP contribution in [0.15, 0.2) is 54.6 Å². The number of ether oxygens (including phenoxy) is 2. The highest BCUT2D eigenvalue weighted by atomic mass is 32.1. The maximum atomic E-state index is 12.0. The fourth-order valence-electron chi connectivity index (χ4n) is 2.71. The summed E-state index contributed by atoms with van der Waals surface area (Å²) in [6.45, 7) is 1.39. The zero-order valence-electron chi connectivity index (χ0n) is 14.4. The van der Waals surface area contributed by atoms with Crippen molar-refractivity contribution in [3.8, 4) is 5.75 Å². The maximum absolute atomic E-state index is 12.0. The first kappa shape index (κ1) is 18.4. The van der Waals surface area contributed by atoms with Gasteiger partial charge in [-0.25, -0.2) is 0 Å². The van der Waals surface area contributed by atoms with Gasteiger partial charge in [-0.1, -0.05) is 30.3 Å². The first-order chi connectivity index (χ1) is 12.7. The quantitative estimate of drug-likeness (QED) is 0.764. The predicted octanol–water partition coefficient (Wildman–Crippen LogP) is 3.30. The monoisotopic (exact) mass is 370 g/mol. The Morgan fingerprint density at radius 1 is 1.15 bits per heavy atom. The standard InChI is InChI=1S/C20H22N2O3S/c23-19(13-15-5-2-1-3-6-15)22-20(26)21-16-8-10-17(11-9-16)25-14-18-7-4-12-24-18/h1-3,5-6,8-11,18H,4,7,12-14H2,(H2,21,22,23,26). The molecular formula is C20H22N2O3S. The highest BCUT2D eigenvalue weighted by molar-refractivity contribution is 7.80. The molecule has 1 amide bonds. The summed E-state index contributed by atoms with van der Waals surface area (Å²) >= 11 is 5.19. The Balaban J connectivity index is 1.42. The van der Waals surface area contributed by atoms with Crippen LogP contribution in [-0.2, 0) is 16.0 Å². The fourth-order valence-corrected chi connectivity index (χ4v) is 2.95. The highest BCUT2D eigenvalue weighted by Gasteiger charge is 2.15. The van der Waals surface area contributed by atoms with Gasteiger partial charge in [-0.05, 0) is 54.9 Å². The SMILES string of the molecule is O=C(Cc1ccccc1)NC(=S)Nc1ccc(OCC2CCCO2)cc1. The molecule has 136 valence electrons. The number of thiocarbonyl (C=S) groups is 1. The van der Waals surface area contributed by atoms with Gasteiger partial charge < -0.3 is 20.1 Å². The first-order valence-electron chi connectivity index (χ1n) is 8.68. The van der Waals surface area contributed by atoms with Crippen molar-refractivity contribution < 1.29 is 14.3 Å². The molecule has 1 atom stereocenters. The van der Waals surface area contributed by atoms with E-state index in [1.807, 2.05) is 54.6 Å². The van der Waals surface area contributed by atoms with Crippen LogP contribution in [0.5, 0.6) is 5.75 Å². The van der Waals surface area contributed by atoms with Gasteiger partial charge in [-0.3, -0.25) is 4.79 Å². The average Bonchev–Trinajstić information content (AvgIpc) is 3.15. The topological polar surface area (TPSA) is 59.6 Å². The lowest BCUT2D eigenvalue weighted by Gasteiger charge is -2.13. The zero-order chi connectivity index (χ0) is 18.2. The Morgan fingerprint density at radius 3 is 2.62 bits per heavy atom. The van der Waals surface area contributed by atoms with E-state index >= 15 is 0 Å². The van der Waals surface area contributed by atoms with Crippen molar-refractivity contribution in [2.24, 2.45) is 0 Å². The van der Waals surface area contributed by atoms with Crippen LogP contribution in [0.4, 0.5) is 5.69 Å². The molecule has 0 bridgehead atoms. The lowest BCUT2D eigenvalue weighted by molar-refractivity contribution is -0.119. The molecule has 1 heterocycles. The smallest absolute Gasteiger partial charge is 0.230 e. The predicted molar refractivity (Wildman–Crippen MR) is 105 cm³/mol. The molecule has 1 saturated heterocycles. The van der Waals surface area contributed by atoms with Crippen molar-refractivity contribution in [2.45, 2.75) is 25.4 Å². The number of amides is 1. The summed E-state index contributed by atoms with van der Waals surface area (Å²) in [5.74, 6) is 0.635. The van der Waals surface area contributed by atoms with Crippen molar-refractivity contribution >= 4 is 28.9 Å². The molecule has 3 rings (SSSR count). The molecule has 1 aliphatic rings. The number of rotatable bonds is 6. The molecule has 0 radical (unpaired) electrons. The second-order valence-electron chi connectivity index (χ2n) is 6.14. The van der Waals surface area contributed by atoms with Crippen molar-refractivity contribution in [3.63, 3.8) is 0 Å². The van der Waals surface area contributed by atoms with E-state index in [0.717, 1.165) is 36.4 Å². The van der Waals surface area contributed by atoms with Crippen molar-refractivity contribution in [2.75, 3.05) is 18.5 Å². The Hall–Kier alpha value is -2.44. The second-order valence-corrected chi connectivity index (χ2v) is 6.54.